The molecule has 0 unspecified atom stereocenters. The highest BCUT2D eigenvalue weighted by Gasteiger charge is 2.21. The highest BCUT2D eigenvalue weighted by Crippen LogP contribution is 2.29. The highest BCUT2D eigenvalue weighted by atomic mass is 35.5. The van der Waals surface area contributed by atoms with Gasteiger partial charge in [-0.05, 0) is 23.8 Å². The number of carbonyl (C=O) groups is 1. The number of halogens is 1. The smallest absolute Gasteiger partial charge is 0.232 e. The number of hydrogen-bond acceptors (Lipinski definition) is 4. The lowest BCUT2D eigenvalue weighted by Gasteiger charge is -2.24. The van der Waals surface area contributed by atoms with Crippen molar-refractivity contribution in [3.63, 3.8) is 0 Å². The van der Waals surface area contributed by atoms with Gasteiger partial charge in [-0.2, -0.15) is 0 Å². The first-order chi connectivity index (χ1) is 12.3. The quantitative estimate of drug-likeness (QED) is 0.744. The van der Waals surface area contributed by atoms with Gasteiger partial charge < -0.3 is 10.1 Å². The molecule has 6 nitrogen and oxygen atoms in total. The van der Waals surface area contributed by atoms with Crippen molar-refractivity contribution in [2.45, 2.75) is 13.0 Å². The lowest BCUT2D eigenvalue weighted by Crippen LogP contribution is -2.34. The summed E-state index contributed by atoms with van der Waals surface area (Å²) < 4.78 is 30.7. The van der Waals surface area contributed by atoms with Gasteiger partial charge in [-0.3, -0.25) is 9.10 Å². The molecule has 2 aromatic carbocycles. The fourth-order valence-electron chi connectivity index (χ4n) is 2.43. The zero-order chi connectivity index (χ0) is 19.2. The number of amides is 1. The van der Waals surface area contributed by atoms with E-state index in [1.54, 1.807) is 30.3 Å². The molecule has 26 heavy (non-hydrogen) atoms. The Balaban J connectivity index is 2.04. The van der Waals surface area contributed by atoms with Crippen LogP contribution >= 0.6 is 11.6 Å². The van der Waals surface area contributed by atoms with Crippen LogP contribution in [0.25, 0.3) is 0 Å². The topological polar surface area (TPSA) is 75.7 Å². The largest absolute Gasteiger partial charge is 0.495 e. The van der Waals surface area contributed by atoms with Gasteiger partial charge in [0.1, 0.15) is 5.75 Å². The summed E-state index contributed by atoms with van der Waals surface area (Å²) in [6.45, 7) is 0.291. The van der Waals surface area contributed by atoms with Crippen LogP contribution in [-0.4, -0.2) is 34.2 Å². The van der Waals surface area contributed by atoms with E-state index in [4.69, 9.17) is 16.3 Å². The number of anilines is 1. The van der Waals surface area contributed by atoms with Gasteiger partial charge >= 0.3 is 0 Å². The number of ether oxygens (including phenoxy) is 1. The summed E-state index contributed by atoms with van der Waals surface area (Å²) in [6, 6.07) is 14.0. The van der Waals surface area contributed by atoms with Crippen LogP contribution in [0.4, 0.5) is 5.69 Å². The van der Waals surface area contributed by atoms with Crippen molar-refractivity contribution in [3.05, 3.63) is 59.1 Å². The van der Waals surface area contributed by atoms with Crippen LogP contribution in [0.1, 0.15) is 12.0 Å². The third kappa shape index (κ3) is 5.37. The van der Waals surface area contributed by atoms with Crippen molar-refractivity contribution in [1.29, 1.82) is 0 Å². The molecule has 140 valence electrons. The lowest BCUT2D eigenvalue weighted by molar-refractivity contribution is -0.121. The molecule has 2 rings (SSSR count). The average molecular weight is 397 g/mol. The highest BCUT2D eigenvalue weighted by molar-refractivity contribution is 7.92. The van der Waals surface area contributed by atoms with E-state index in [1.807, 2.05) is 18.2 Å². The summed E-state index contributed by atoms with van der Waals surface area (Å²) in [5.74, 6) is 0.155. The molecule has 0 radical (unpaired) electrons. The van der Waals surface area contributed by atoms with Crippen LogP contribution in [0.2, 0.25) is 5.02 Å². The zero-order valence-electron chi connectivity index (χ0n) is 14.6. The molecular formula is C18H21ClN2O4S. The molecule has 0 bridgehead atoms. The third-order valence-electron chi connectivity index (χ3n) is 3.73. The predicted molar refractivity (Wildman–Crippen MR) is 103 cm³/mol. The Bertz CT molecular complexity index is 871. The number of sulfonamides is 1. The lowest BCUT2D eigenvalue weighted by atomic mass is 10.2. The van der Waals surface area contributed by atoms with E-state index >= 15 is 0 Å². The van der Waals surface area contributed by atoms with Gasteiger partial charge in [-0.15, -0.1) is 0 Å². The first-order valence-corrected chi connectivity index (χ1v) is 10.2. The Morgan fingerprint density at radius 3 is 2.46 bits per heavy atom. The van der Waals surface area contributed by atoms with E-state index in [-0.39, 0.29) is 25.4 Å². The van der Waals surface area contributed by atoms with E-state index in [2.05, 4.69) is 5.32 Å². The second-order valence-electron chi connectivity index (χ2n) is 5.63. The summed E-state index contributed by atoms with van der Waals surface area (Å²) in [6.07, 6.45) is 1.11. The first kappa shape index (κ1) is 20.1. The number of nitrogens with zero attached hydrogens (tertiary/aromatic N) is 1. The average Bonchev–Trinajstić information content (AvgIpc) is 2.60. The summed E-state index contributed by atoms with van der Waals surface area (Å²) in [4.78, 5) is 12.1. The van der Waals surface area contributed by atoms with E-state index < -0.39 is 10.0 Å². The van der Waals surface area contributed by atoms with Crippen molar-refractivity contribution in [1.82, 2.24) is 5.32 Å². The Morgan fingerprint density at radius 2 is 1.81 bits per heavy atom. The molecule has 0 aliphatic carbocycles. The summed E-state index contributed by atoms with van der Waals surface area (Å²) in [7, 11) is -2.10. The molecule has 0 heterocycles. The second kappa shape index (κ2) is 8.91. The zero-order valence-corrected chi connectivity index (χ0v) is 16.2. The van der Waals surface area contributed by atoms with Crippen molar-refractivity contribution in [2.75, 3.05) is 24.2 Å². The number of rotatable bonds is 8. The predicted octanol–water partition coefficient (Wildman–Crippen LogP) is 2.82. The molecule has 2 aromatic rings. The first-order valence-electron chi connectivity index (χ1n) is 7.93. The van der Waals surface area contributed by atoms with Gasteiger partial charge in [0.25, 0.3) is 0 Å². The van der Waals surface area contributed by atoms with Gasteiger partial charge in [-0.25, -0.2) is 8.42 Å². The fourth-order valence-corrected chi connectivity index (χ4v) is 3.56. The second-order valence-corrected chi connectivity index (χ2v) is 7.94. The molecule has 0 saturated heterocycles. The molecule has 1 amide bonds. The Kier molecular flexibility index (Phi) is 6.88. The SMILES string of the molecule is COc1ccccc1N(CCC(=O)NCc1ccccc1Cl)S(C)(=O)=O. The summed E-state index contributed by atoms with van der Waals surface area (Å²) >= 11 is 6.06. The number of carbonyl (C=O) groups excluding carboxylic acids is 1. The number of nitrogens with one attached hydrogen (secondary N) is 1. The molecular weight excluding hydrogens is 376 g/mol. The van der Waals surface area contributed by atoms with E-state index in [9.17, 15) is 13.2 Å². The van der Waals surface area contributed by atoms with Gasteiger partial charge in [0.05, 0.1) is 19.1 Å². The summed E-state index contributed by atoms with van der Waals surface area (Å²) in [5, 5.41) is 3.32. The van der Waals surface area contributed by atoms with E-state index in [0.29, 0.717) is 16.5 Å². The molecule has 0 aliphatic heterocycles. The van der Waals surface area contributed by atoms with Crippen LogP contribution in [0.5, 0.6) is 5.75 Å². The van der Waals surface area contributed by atoms with Crippen molar-refractivity contribution >= 4 is 33.2 Å². The van der Waals surface area contributed by atoms with Crippen molar-refractivity contribution in [3.8, 4) is 5.75 Å². The molecule has 8 heteroatoms. The Morgan fingerprint density at radius 1 is 1.15 bits per heavy atom. The number of benzene rings is 2. The van der Waals surface area contributed by atoms with Gasteiger partial charge in [0.15, 0.2) is 0 Å². The maximum atomic E-state index is 12.2. The van der Waals surface area contributed by atoms with Crippen molar-refractivity contribution < 1.29 is 17.9 Å². The minimum absolute atomic E-state index is 0.00750. The molecule has 1 N–H and O–H groups in total. The molecule has 0 aromatic heterocycles. The van der Waals surface area contributed by atoms with Crippen LogP contribution in [0.3, 0.4) is 0 Å². The maximum Gasteiger partial charge on any atom is 0.232 e. The van der Waals surface area contributed by atoms with E-state index in [1.165, 1.54) is 11.4 Å². The van der Waals surface area contributed by atoms with Gasteiger partial charge in [-0.1, -0.05) is 41.9 Å². The molecule has 0 aliphatic rings. The van der Waals surface area contributed by atoms with Gasteiger partial charge in [0, 0.05) is 24.5 Å². The summed E-state index contributed by atoms with van der Waals surface area (Å²) in [5.41, 5.74) is 1.20. The van der Waals surface area contributed by atoms with Crippen LogP contribution in [-0.2, 0) is 21.4 Å². The maximum absolute atomic E-state index is 12.2. The number of methoxy groups -OCH3 is 1. The van der Waals surface area contributed by atoms with Crippen LogP contribution < -0.4 is 14.4 Å². The minimum atomic E-state index is -3.57. The van der Waals surface area contributed by atoms with Crippen LogP contribution in [0, 0.1) is 0 Å². The monoisotopic (exact) mass is 396 g/mol. The molecule has 0 saturated carbocycles. The van der Waals surface area contributed by atoms with Crippen LogP contribution in [0.15, 0.2) is 48.5 Å². The standard InChI is InChI=1S/C18H21ClN2O4S/c1-25-17-10-6-5-9-16(17)21(26(2,23)24)12-11-18(22)20-13-14-7-3-4-8-15(14)19/h3-10H,11-13H2,1-2H3,(H,20,22). The van der Waals surface area contributed by atoms with Gasteiger partial charge in [0.2, 0.25) is 15.9 Å². The van der Waals surface area contributed by atoms with Crippen molar-refractivity contribution in [2.24, 2.45) is 0 Å². The molecule has 0 spiro atoms. The third-order valence-corrected chi connectivity index (χ3v) is 5.28. The normalized spacial score (nSPS) is 11.0. The minimum Gasteiger partial charge on any atom is -0.495 e. The Hall–Kier alpha value is -2.25. The molecule has 0 atom stereocenters. The fraction of sp³-hybridized carbons (Fsp3) is 0.278. The molecule has 0 fully saturated rings. The Labute approximate surface area is 158 Å². The number of hydrogen-bond donors (Lipinski definition) is 1. The van der Waals surface area contributed by atoms with E-state index in [0.717, 1.165) is 11.8 Å². The number of para-hydroxylation sites is 2.